The molecule has 3 aromatic rings. The molecule has 2 amide bonds. The fourth-order valence-corrected chi connectivity index (χ4v) is 3.76. The summed E-state index contributed by atoms with van der Waals surface area (Å²) >= 11 is 0. The van der Waals surface area contributed by atoms with Crippen molar-refractivity contribution in [2.45, 2.75) is 26.7 Å². The summed E-state index contributed by atoms with van der Waals surface area (Å²) in [6, 6.07) is 13.1. The van der Waals surface area contributed by atoms with Crippen LogP contribution >= 0.6 is 0 Å². The highest BCUT2D eigenvalue weighted by Crippen LogP contribution is 2.29. The number of carbonyl (C=O) groups excluding carboxylic acids is 2. The van der Waals surface area contributed by atoms with Crippen LogP contribution in [0.1, 0.15) is 24.6 Å². The second-order valence-electron chi connectivity index (χ2n) is 7.87. The van der Waals surface area contributed by atoms with Gasteiger partial charge in [-0.15, -0.1) is 0 Å². The number of aromatic nitrogens is 2. The lowest BCUT2D eigenvalue weighted by Gasteiger charge is -2.18. The summed E-state index contributed by atoms with van der Waals surface area (Å²) in [6.45, 7) is 3.79. The van der Waals surface area contributed by atoms with E-state index in [0.29, 0.717) is 29.2 Å². The Balaban J connectivity index is 1.50. The Bertz CT molecular complexity index is 1250. The first-order chi connectivity index (χ1) is 15.3. The maximum Gasteiger partial charge on any atom is 0.251 e. The average Bonchev–Trinajstić information content (AvgIpc) is 3.15. The van der Waals surface area contributed by atoms with Gasteiger partial charge in [0.05, 0.1) is 11.6 Å². The predicted octanol–water partition coefficient (Wildman–Crippen LogP) is 3.44. The maximum absolute atomic E-state index is 14.3. The Kier molecular flexibility index (Phi) is 5.85. The van der Waals surface area contributed by atoms with E-state index in [4.69, 9.17) is 0 Å². The molecule has 2 heterocycles. The number of aromatic amines is 1. The molecule has 0 bridgehead atoms. The molecule has 1 aromatic heterocycles. The summed E-state index contributed by atoms with van der Waals surface area (Å²) in [7, 11) is 0. The third-order valence-corrected chi connectivity index (χ3v) is 5.45. The smallest absolute Gasteiger partial charge is 0.251 e. The van der Waals surface area contributed by atoms with Crippen molar-refractivity contribution < 1.29 is 14.0 Å². The van der Waals surface area contributed by atoms with E-state index >= 15 is 0 Å². The van der Waals surface area contributed by atoms with Crippen LogP contribution in [0, 0.1) is 18.7 Å². The van der Waals surface area contributed by atoms with Crippen molar-refractivity contribution in [2.75, 3.05) is 16.8 Å². The van der Waals surface area contributed by atoms with Gasteiger partial charge in [-0.3, -0.25) is 14.4 Å². The summed E-state index contributed by atoms with van der Waals surface area (Å²) < 4.78 is 14.3. The van der Waals surface area contributed by atoms with Crippen molar-refractivity contribution in [3.05, 3.63) is 76.0 Å². The standard InChI is InChI=1S/C24H23FN4O3/c1-3-17-12-21(30)28-23(26-17)15-5-4-6-18(10-15)27-24(32)16-11-22(31)29(13-16)20-8-7-14(2)9-19(20)25/h4-10,12,16H,3,11,13H2,1-2H3,(H,27,32)(H,26,28,30). The highest BCUT2D eigenvalue weighted by atomic mass is 19.1. The van der Waals surface area contributed by atoms with Crippen LogP contribution in [0.4, 0.5) is 15.8 Å². The fraction of sp³-hybridized carbons (Fsp3) is 0.250. The summed E-state index contributed by atoms with van der Waals surface area (Å²) in [5, 5.41) is 2.82. The van der Waals surface area contributed by atoms with Crippen molar-refractivity contribution in [2.24, 2.45) is 5.92 Å². The highest BCUT2D eigenvalue weighted by Gasteiger charge is 2.36. The zero-order valence-corrected chi connectivity index (χ0v) is 17.8. The summed E-state index contributed by atoms with van der Waals surface area (Å²) in [5.74, 6) is -1.28. The third kappa shape index (κ3) is 4.44. The third-order valence-electron chi connectivity index (χ3n) is 5.45. The van der Waals surface area contributed by atoms with E-state index in [0.717, 1.165) is 5.56 Å². The molecule has 2 aromatic carbocycles. The number of nitrogens with one attached hydrogen (secondary N) is 2. The van der Waals surface area contributed by atoms with Gasteiger partial charge < -0.3 is 15.2 Å². The molecule has 8 heteroatoms. The summed E-state index contributed by atoms with van der Waals surface area (Å²) in [5.41, 5.74) is 2.54. The van der Waals surface area contributed by atoms with Crippen LogP contribution in [0.5, 0.6) is 0 Å². The second-order valence-corrected chi connectivity index (χ2v) is 7.87. The largest absolute Gasteiger partial charge is 0.326 e. The van der Waals surface area contributed by atoms with Gasteiger partial charge in [0.15, 0.2) is 0 Å². The van der Waals surface area contributed by atoms with Gasteiger partial charge in [-0.05, 0) is 43.2 Å². The van der Waals surface area contributed by atoms with Gasteiger partial charge in [0, 0.05) is 36.0 Å². The normalized spacial score (nSPS) is 15.8. The van der Waals surface area contributed by atoms with Gasteiger partial charge in [0.2, 0.25) is 11.8 Å². The molecule has 1 aliphatic rings. The SMILES string of the molecule is CCc1cc(=O)[nH]c(-c2cccc(NC(=O)C3CC(=O)N(c4ccc(C)cc4F)C3)c2)n1. The quantitative estimate of drug-likeness (QED) is 0.643. The molecule has 164 valence electrons. The second kappa shape index (κ2) is 8.74. The van der Waals surface area contributed by atoms with Gasteiger partial charge in [0.25, 0.3) is 5.56 Å². The van der Waals surface area contributed by atoms with E-state index in [-0.39, 0.29) is 36.0 Å². The van der Waals surface area contributed by atoms with Crippen LogP contribution < -0.4 is 15.8 Å². The van der Waals surface area contributed by atoms with Crippen LogP contribution in [-0.4, -0.2) is 28.3 Å². The molecule has 1 unspecified atom stereocenters. The zero-order chi connectivity index (χ0) is 22.8. The molecule has 0 saturated carbocycles. The number of hydrogen-bond donors (Lipinski definition) is 2. The average molecular weight is 434 g/mol. The molecule has 1 atom stereocenters. The molecule has 32 heavy (non-hydrogen) atoms. The van der Waals surface area contributed by atoms with Gasteiger partial charge in [0.1, 0.15) is 11.6 Å². The highest BCUT2D eigenvalue weighted by molar-refractivity contribution is 6.03. The van der Waals surface area contributed by atoms with Gasteiger partial charge in [-0.1, -0.05) is 25.1 Å². The first-order valence-electron chi connectivity index (χ1n) is 10.4. The first kappa shape index (κ1) is 21.4. The lowest BCUT2D eigenvalue weighted by Crippen LogP contribution is -2.28. The van der Waals surface area contributed by atoms with E-state index in [1.54, 1.807) is 43.3 Å². The Morgan fingerprint density at radius 1 is 1.22 bits per heavy atom. The van der Waals surface area contributed by atoms with E-state index in [2.05, 4.69) is 15.3 Å². The number of carbonyl (C=O) groups is 2. The number of halogens is 1. The lowest BCUT2D eigenvalue weighted by molar-refractivity contribution is -0.122. The molecule has 1 fully saturated rings. The van der Waals surface area contributed by atoms with Gasteiger partial charge in [-0.25, -0.2) is 9.37 Å². The van der Waals surface area contributed by atoms with E-state index < -0.39 is 11.7 Å². The molecular formula is C24H23FN4O3. The lowest BCUT2D eigenvalue weighted by atomic mass is 10.1. The number of benzene rings is 2. The minimum absolute atomic E-state index is 0.00621. The van der Waals surface area contributed by atoms with E-state index in [9.17, 15) is 18.8 Å². The Labute approximate surface area is 184 Å². The minimum atomic E-state index is -0.604. The van der Waals surface area contributed by atoms with Crippen molar-refractivity contribution in [3.8, 4) is 11.4 Å². The Morgan fingerprint density at radius 3 is 2.78 bits per heavy atom. The van der Waals surface area contributed by atoms with Crippen LogP contribution in [0.15, 0.2) is 53.3 Å². The van der Waals surface area contributed by atoms with Crippen molar-refractivity contribution in [1.29, 1.82) is 0 Å². The number of H-pyrrole nitrogens is 1. The summed E-state index contributed by atoms with van der Waals surface area (Å²) in [4.78, 5) is 45.6. The fourth-order valence-electron chi connectivity index (χ4n) is 3.76. The van der Waals surface area contributed by atoms with Crippen molar-refractivity contribution in [3.63, 3.8) is 0 Å². The Morgan fingerprint density at radius 2 is 2.03 bits per heavy atom. The number of hydrogen-bond acceptors (Lipinski definition) is 4. The molecular weight excluding hydrogens is 411 g/mol. The predicted molar refractivity (Wildman–Crippen MR) is 120 cm³/mol. The molecule has 0 spiro atoms. The van der Waals surface area contributed by atoms with Crippen LogP contribution in [0.3, 0.4) is 0 Å². The van der Waals surface area contributed by atoms with E-state index in [1.165, 1.54) is 17.0 Å². The molecule has 0 aliphatic carbocycles. The molecule has 1 saturated heterocycles. The molecule has 7 nitrogen and oxygen atoms in total. The van der Waals surface area contributed by atoms with Crippen LogP contribution in [0.2, 0.25) is 0 Å². The topological polar surface area (TPSA) is 95.2 Å². The number of anilines is 2. The van der Waals surface area contributed by atoms with E-state index in [1.807, 2.05) is 6.92 Å². The van der Waals surface area contributed by atoms with Crippen molar-refractivity contribution >= 4 is 23.2 Å². The van der Waals surface area contributed by atoms with Crippen LogP contribution in [0.25, 0.3) is 11.4 Å². The number of nitrogens with zero attached hydrogens (tertiary/aromatic N) is 2. The molecule has 1 aliphatic heterocycles. The Hall–Kier alpha value is -3.81. The monoisotopic (exact) mass is 434 g/mol. The number of amides is 2. The zero-order valence-electron chi connectivity index (χ0n) is 17.8. The van der Waals surface area contributed by atoms with Gasteiger partial charge >= 0.3 is 0 Å². The van der Waals surface area contributed by atoms with Gasteiger partial charge in [-0.2, -0.15) is 0 Å². The minimum Gasteiger partial charge on any atom is -0.326 e. The maximum atomic E-state index is 14.3. The number of aryl methyl sites for hydroxylation is 2. The first-order valence-corrected chi connectivity index (χ1v) is 10.4. The molecule has 4 rings (SSSR count). The van der Waals surface area contributed by atoms with Crippen molar-refractivity contribution in [1.82, 2.24) is 9.97 Å². The molecule has 0 radical (unpaired) electrons. The van der Waals surface area contributed by atoms with Crippen LogP contribution in [-0.2, 0) is 16.0 Å². The summed E-state index contributed by atoms with van der Waals surface area (Å²) in [6.07, 6.45) is 0.632. The molecule has 2 N–H and O–H groups in total. The number of rotatable bonds is 5.